The molecule has 0 radical (unpaired) electrons. The largest absolute Gasteiger partial charge is 0.332 e. The molecular weight excluding hydrogens is 324 g/mol. The van der Waals surface area contributed by atoms with Crippen molar-refractivity contribution in [2.75, 3.05) is 0 Å². The number of rotatable bonds is 3. The first-order chi connectivity index (χ1) is 11.7. The molecular formula is C18H13ClN4O. The van der Waals surface area contributed by atoms with Gasteiger partial charge in [-0.25, -0.2) is 0 Å². The second-order valence-electron chi connectivity index (χ2n) is 5.47. The van der Waals surface area contributed by atoms with Crippen molar-refractivity contribution in [1.82, 2.24) is 20.3 Å². The highest BCUT2D eigenvalue weighted by molar-refractivity contribution is 6.30. The molecule has 0 saturated heterocycles. The fraction of sp³-hybridized carbons (Fsp3) is 0.0556. The minimum Gasteiger partial charge on any atom is -0.332 e. The van der Waals surface area contributed by atoms with Crippen LogP contribution < -0.4 is 0 Å². The van der Waals surface area contributed by atoms with Gasteiger partial charge >= 0.3 is 0 Å². The van der Waals surface area contributed by atoms with Crippen LogP contribution in [0.4, 0.5) is 0 Å². The van der Waals surface area contributed by atoms with Crippen LogP contribution in [0, 0.1) is 6.92 Å². The van der Waals surface area contributed by atoms with E-state index < -0.39 is 0 Å². The zero-order valence-electron chi connectivity index (χ0n) is 12.8. The first kappa shape index (κ1) is 14.7. The Morgan fingerprint density at radius 2 is 1.83 bits per heavy atom. The van der Waals surface area contributed by atoms with Gasteiger partial charge in [0.2, 0.25) is 5.82 Å². The van der Waals surface area contributed by atoms with Gasteiger partial charge < -0.3 is 4.52 Å². The number of nitrogens with one attached hydrogen (secondary N) is 1. The molecule has 0 atom stereocenters. The molecule has 0 unspecified atom stereocenters. The van der Waals surface area contributed by atoms with Crippen molar-refractivity contribution in [3.8, 4) is 34.2 Å². The summed E-state index contributed by atoms with van der Waals surface area (Å²) in [6, 6.07) is 17.3. The molecule has 6 heteroatoms. The van der Waals surface area contributed by atoms with Crippen molar-refractivity contribution in [2.24, 2.45) is 0 Å². The van der Waals surface area contributed by atoms with Crippen LogP contribution in [-0.2, 0) is 0 Å². The molecule has 0 amide bonds. The molecule has 0 aliphatic rings. The molecule has 0 aliphatic carbocycles. The summed E-state index contributed by atoms with van der Waals surface area (Å²) in [4.78, 5) is 4.44. The van der Waals surface area contributed by atoms with Gasteiger partial charge in [-0.05, 0) is 31.2 Å². The number of aromatic nitrogens is 4. The molecule has 0 saturated carbocycles. The Balaban J connectivity index is 1.65. The third-order valence-corrected chi connectivity index (χ3v) is 3.90. The Labute approximate surface area is 143 Å². The maximum Gasteiger partial charge on any atom is 0.276 e. The summed E-state index contributed by atoms with van der Waals surface area (Å²) in [6.45, 7) is 2.03. The highest BCUT2D eigenvalue weighted by Gasteiger charge is 2.14. The average Bonchev–Trinajstić information content (AvgIpc) is 3.25. The third-order valence-electron chi connectivity index (χ3n) is 3.65. The average molecular weight is 337 g/mol. The van der Waals surface area contributed by atoms with Gasteiger partial charge in [0, 0.05) is 16.1 Å². The first-order valence-corrected chi connectivity index (χ1v) is 7.79. The zero-order chi connectivity index (χ0) is 16.5. The number of benzene rings is 2. The minimum atomic E-state index is 0.402. The Bertz CT molecular complexity index is 988. The Hall–Kier alpha value is -2.92. The standard InChI is InChI=1S/C18H13ClN4O/c1-11-3-2-4-13(9-11)17-20-18(24-23-17)16-10-15(21-22-16)12-5-7-14(19)8-6-12/h2-10H,1H3,(H,21,22). The number of aromatic amines is 1. The molecule has 0 fully saturated rings. The van der Waals surface area contributed by atoms with Crippen molar-refractivity contribution in [3.05, 3.63) is 65.2 Å². The molecule has 24 heavy (non-hydrogen) atoms. The third kappa shape index (κ3) is 2.81. The highest BCUT2D eigenvalue weighted by Crippen LogP contribution is 2.26. The van der Waals surface area contributed by atoms with Crippen molar-refractivity contribution < 1.29 is 4.52 Å². The van der Waals surface area contributed by atoms with E-state index in [1.807, 2.05) is 61.5 Å². The fourth-order valence-electron chi connectivity index (χ4n) is 2.43. The number of hydrogen-bond acceptors (Lipinski definition) is 4. The minimum absolute atomic E-state index is 0.402. The molecule has 4 aromatic rings. The first-order valence-electron chi connectivity index (χ1n) is 7.41. The summed E-state index contributed by atoms with van der Waals surface area (Å²) in [7, 11) is 0. The van der Waals surface area contributed by atoms with E-state index in [1.165, 1.54) is 0 Å². The maximum absolute atomic E-state index is 5.91. The van der Waals surface area contributed by atoms with Gasteiger partial charge in [0.15, 0.2) is 0 Å². The molecule has 2 aromatic carbocycles. The van der Waals surface area contributed by atoms with Gasteiger partial charge in [-0.3, -0.25) is 5.10 Å². The van der Waals surface area contributed by atoms with E-state index in [9.17, 15) is 0 Å². The molecule has 0 spiro atoms. The SMILES string of the molecule is Cc1cccc(-c2noc(-c3cc(-c4ccc(Cl)cc4)n[nH]3)n2)c1. The van der Waals surface area contributed by atoms with Gasteiger partial charge in [-0.2, -0.15) is 10.1 Å². The lowest BCUT2D eigenvalue weighted by Crippen LogP contribution is -1.82. The number of H-pyrrole nitrogens is 1. The van der Waals surface area contributed by atoms with E-state index in [1.54, 1.807) is 0 Å². The Morgan fingerprint density at radius 3 is 2.62 bits per heavy atom. The summed E-state index contributed by atoms with van der Waals surface area (Å²) in [6.07, 6.45) is 0. The zero-order valence-corrected chi connectivity index (χ0v) is 13.6. The summed E-state index contributed by atoms with van der Waals surface area (Å²) < 4.78 is 5.36. The van der Waals surface area contributed by atoms with E-state index >= 15 is 0 Å². The normalized spacial score (nSPS) is 10.9. The van der Waals surface area contributed by atoms with E-state index in [0.717, 1.165) is 22.4 Å². The van der Waals surface area contributed by atoms with Gasteiger partial charge in [-0.1, -0.05) is 52.7 Å². The summed E-state index contributed by atoms with van der Waals surface area (Å²) in [5.74, 6) is 0.954. The second kappa shape index (κ2) is 5.94. The highest BCUT2D eigenvalue weighted by atomic mass is 35.5. The lowest BCUT2D eigenvalue weighted by atomic mass is 10.1. The lowest BCUT2D eigenvalue weighted by Gasteiger charge is -1.95. The van der Waals surface area contributed by atoms with E-state index in [-0.39, 0.29) is 0 Å². The van der Waals surface area contributed by atoms with Crippen molar-refractivity contribution >= 4 is 11.6 Å². The monoisotopic (exact) mass is 336 g/mol. The summed E-state index contributed by atoms with van der Waals surface area (Å²) in [5.41, 5.74) is 4.48. The summed E-state index contributed by atoms with van der Waals surface area (Å²) >= 11 is 5.91. The number of aryl methyl sites for hydroxylation is 1. The smallest absolute Gasteiger partial charge is 0.276 e. The predicted octanol–water partition coefficient (Wildman–Crippen LogP) is 4.76. The quantitative estimate of drug-likeness (QED) is 0.586. The van der Waals surface area contributed by atoms with E-state index in [0.29, 0.717) is 22.4 Å². The summed E-state index contributed by atoms with van der Waals surface area (Å²) in [5, 5.41) is 12.0. The topological polar surface area (TPSA) is 67.6 Å². The van der Waals surface area contributed by atoms with Crippen LogP contribution in [0.1, 0.15) is 5.56 Å². The molecule has 5 nitrogen and oxygen atoms in total. The lowest BCUT2D eigenvalue weighted by molar-refractivity contribution is 0.431. The molecule has 0 aliphatic heterocycles. The predicted molar refractivity (Wildman–Crippen MR) is 92.5 cm³/mol. The molecule has 2 heterocycles. The van der Waals surface area contributed by atoms with Gasteiger partial charge in [-0.15, -0.1) is 0 Å². The van der Waals surface area contributed by atoms with Gasteiger partial charge in [0.1, 0.15) is 5.69 Å². The second-order valence-corrected chi connectivity index (χ2v) is 5.90. The van der Waals surface area contributed by atoms with Crippen LogP contribution >= 0.6 is 11.6 Å². The molecule has 0 bridgehead atoms. The Morgan fingerprint density at radius 1 is 1.00 bits per heavy atom. The van der Waals surface area contributed by atoms with Crippen LogP contribution in [0.15, 0.2) is 59.1 Å². The fourth-order valence-corrected chi connectivity index (χ4v) is 2.56. The molecule has 1 N–H and O–H groups in total. The van der Waals surface area contributed by atoms with Crippen LogP contribution in [0.2, 0.25) is 5.02 Å². The Kier molecular flexibility index (Phi) is 3.63. The van der Waals surface area contributed by atoms with Crippen LogP contribution in [-0.4, -0.2) is 20.3 Å². The van der Waals surface area contributed by atoms with Gasteiger partial charge in [0.25, 0.3) is 5.89 Å². The number of hydrogen-bond donors (Lipinski definition) is 1. The van der Waals surface area contributed by atoms with E-state index in [2.05, 4.69) is 20.3 Å². The maximum atomic E-state index is 5.91. The van der Waals surface area contributed by atoms with Crippen molar-refractivity contribution in [2.45, 2.75) is 6.92 Å². The molecule has 2 aromatic heterocycles. The van der Waals surface area contributed by atoms with Crippen molar-refractivity contribution in [3.63, 3.8) is 0 Å². The van der Waals surface area contributed by atoms with Crippen LogP contribution in [0.5, 0.6) is 0 Å². The number of nitrogens with zero attached hydrogens (tertiary/aromatic N) is 3. The molecule has 4 rings (SSSR count). The molecule has 118 valence electrons. The van der Waals surface area contributed by atoms with Gasteiger partial charge in [0.05, 0.1) is 5.69 Å². The van der Waals surface area contributed by atoms with E-state index in [4.69, 9.17) is 16.1 Å². The van der Waals surface area contributed by atoms with Crippen LogP contribution in [0.25, 0.3) is 34.2 Å². The number of halogens is 1. The van der Waals surface area contributed by atoms with Crippen LogP contribution in [0.3, 0.4) is 0 Å². The van der Waals surface area contributed by atoms with Crippen molar-refractivity contribution in [1.29, 1.82) is 0 Å².